The number of hydrogen-bond donors (Lipinski definition) is 0. The van der Waals surface area contributed by atoms with Crippen molar-refractivity contribution in [2.45, 2.75) is 16.3 Å². The summed E-state index contributed by atoms with van der Waals surface area (Å²) in [6.07, 6.45) is 0. The maximum Gasteiger partial charge on any atom is 0.256 e. The topological polar surface area (TPSA) is 71.5 Å². The summed E-state index contributed by atoms with van der Waals surface area (Å²) in [6.45, 7) is -0.252. The van der Waals surface area contributed by atoms with Crippen molar-refractivity contribution in [3.63, 3.8) is 0 Å². The molecule has 8 heteroatoms. The van der Waals surface area contributed by atoms with E-state index in [4.69, 9.17) is 0 Å². The quantitative estimate of drug-likeness (QED) is 0.644. The third-order valence-electron chi connectivity index (χ3n) is 3.51. The predicted molar refractivity (Wildman–Crippen MR) is 97.1 cm³/mol. The van der Waals surface area contributed by atoms with Crippen molar-refractivity contribution in [1.82, 2.24) is 3.71 Å². The van der Waals surface area contributed by atoms with E-state index in [1.165, 1.54) is 35.6 Å². The standard InChI is InChI=1S/C17H15NO4S3/c19-24(20,16-7-3-1-4-8-16)18(13-15-11-12-23-14-15)25(21,22)17-9-5-2-6-10-17/h1-12,14H,13H2. The number of rotatable bonds is 6. The van der Waals surface area contributed by atoms with Crippen LogP contribution in [0.4, 0.5) is 0 Å². The van der Waals surface area contributed by atoms with Gasteiger partial charge in [-0.25, -0.2) is 16.8 Å². The second-order valence-corrected chi connectivity index (χ2v) is 9.93. The molecule has 0 aliphatic rings. The highest BCUT2D eigenvalue weighted by Gasteiger charge is 2.36. The normalized spacial score (nSPS) is 12.4. The van der Waals surface area contributed by atoms with Gasteiger partial charge in [0.15, 0.2) is 0 Å². The molecule has 1 aromatic heterocycles. The average molecular weight is 394 g/mol. The first-order chi connectivity index (χ1) is 11.9. The highest BCUT2D eigenvalue weighted by Crippen LogP contribution is 2.26. The first-order valence-electron chi connectivity index (χ1n) is 7.31. The molecule has 25 heavy (non-hydrogen) atoms. The third-order valence-corrected chi connectivity index (χ3v) is 8.49. The van der Waals surface area contributed by atoms with E-state index in [0.717, 1.165) is 0 Å². The van der Waals surface area contributed by atoms with Crippen LogP contribution in [0.1, 0.15) is 5.56 Å². The van der Waals surface area contributed by atoms with E-state index < -0.39 is 20.0 Å². The molecule has 0 bridgehead atoms. The largest absolute Gasteiger partial charge is 0.256 e. The van der Waals surface area contributed by atoms with E-state index >= 15 is 0 Å². The molecule has 0 amide bonds. The minimum atomic E-state index is -4.23. The number of thiophene rings is 1. The van der Waals surface area contributed by atoms with Gasteiger partial charge in [0.25, 0.3) is 20.0 Å². The maximum absolute atomic E-state index is 13.0. The summed E-state index contributed by atoms with van der Waals surface area (Å²) in [5, 5.41) is 3.51. The number of benzene rings is 2. The fourth-order valence-electron chi connectivity index (χ4n) is 2.25. The van der Waals surface area contributed by atoms with Crippen molar-refractivity contribution in [2.75, 3.05) is 0 Å². The van der Waals surface area contributed by atoms with Crippen LogP contribution >= 0.6 is 11.3 Å². The van der Waals surface area contributed by atoms with Gasteiger partial charge in [-0.3, -0.25) is 0 Å². The van der Waals surface area contributed by atoms with Gasteiger partial charge in [0.1, 0.15) is 0 Å². The van der Waals surface area contributed by atoms with Crippen molar-refractivity contribution in [3.05, 3.63) is 83.1 Å². The van der Waals surface area contributed by atoms with E-state index in [-0.39, 0.29) is 16.3 Å². The minimum absolute atomic E-state index is 0.0651. The van der Waals surface area contributed by atoms with Crippen LogP contribution in [0.3, 0.4) is 0 Å². The highest BCUT2D eigenvalue weighted by atomic mass is 32.3. The van der Waals surface area contributed by atoms with Crippen molar-refractivity contribution in [2.24, 2.45) is 0 Å². The first kappa shape index (κ1) is 17.8. The zero-order valence-electron chi connectivity index (χ0n) is 13.0. The Hall–Kier alpha value is -2.00. The Balaban J connectivity index is 2.14. The molecule has 0 N–H and O–H groups in total. The second kappa shape index (κ2) is 7.09. The highest BCUT2D eigenvalue weighted by molar-refractivity contribution is 8.04. The van der Waals surface area contributed by atoms with E-state index in [2.05, 4.69) is 0 Å². The third kappa shape index (κ3) is 3.67. The van der Waals surface area contributed by atoms with E-state index in [0.29, 0.717) is 9.27 Å². The summed E-state index contributed by atoms with van der Waals surface area (Å²) >= 11 is 1.38. The molecule has 2 aromatic carbocycles. The summed E-state index contributed by atoms with van der Waals surface area (Å²) in [7, 11) is -8.47. The SMILES string of the molecule is O=S(=O)(c1ccccc1)N(Cc1ccsc1)S(=O)(=O)c1ccccc1. The zero-order valence-corrected chi connectivity index (χ0v) is 15.5. The summed E-state index contributed by atoms with van der Waals surface area (Å²) < 4.78 is 52.7. The van der Waals surface area contributed by atoms with Gasteiger partial charge >= 0.3 is 0 Å². The summed E-state index contributed by atoms with van der Waals surface area (Å²) in [5.41, 5.74) is 0.615. The summed E-state index contributed by atoms with van der Waals surface area (Å²) in [6, 6.07) is 16.8. The zero-order chi connectivity index (χ0) is 17.9. The van der Waals surface area contributed by atoms with Gasteiger partial charge in [-0.2, -0.15) is 11.3 Å². The first-order valence-corrected chi connectivity index (χ1v) is 11.1. The molecule has 0 aliphatic carbocycles. The molecule has 0 atom stereocenters. The van der Waals surface area contributed by atoms with Gasteiger partial charge in [0.05, 0.1) is 16.3 Å². The van der Waals surface area contributed by atoms with E-state index in [9.17, 15) is 16.8 Å². The molecule has 3 rings (SSSR count). The van der Waals surface area contributed by atoms with Crippen molar-refractivity contribution < 1.29 is 16.8 Å². The average Bonchev–Trinajstić information content (AvgIpc) is 3.14. The van der Waals surface area contributed by atoms with E-state index in [1.54, 1.807) is 53.2 Å². The lowest BCUT2D eigenvalue weighted by Crippen LogP contribution is -2.36. The molecule has 5 nitrogen and oxygen atoms in total. The molecular weight excluding hydrogens is 378 g/mol. The maximum atomic E-state index is 13.0. The summed E-state index contributed by atoms with van der Waals surface area (Å²) in [5.74, 6) is 0. The Morgan fingerprint density at radius 2 is 1.20 bits per heavy atom. The van der Waals surface area contributed by atoms with Crippen LogP contribution in [0, 0.1) is 0 Å². The molecule has 0 radical (unpaired) electrons. The molecule has 0 aliphatic heterocycles. The van der Waals surface area contributed by atoms with Gasteiger partial charge in [-0.1, -0.05) is 40.1 Å². The lowest BCUT2D eigenvalue weighted by Gasteiger charge is -2.21. The van der Waals surface area contributed by atoms with Gasteiger partial charge in [0.2, 0.25) is 0 Å². The van der Waals surface area contributed by atoms with Crippen LogP contribution in [-0.2, 0) is 26.6 Å². The van der Waals surface area contributed by atoms with Crippen LogP contribution in [0.5, 0.6) is 0 Å². The van der Waals surface area contributed by atoms with E-state index in [1.807, 2.05) is 0 Å². The van der Waals surface area contributed by atoms with Crippen LogP contribution in [0.15, 0.2) is 87.3 Å². The molecule has 0 fully saturated rings. The Labute approximate surface area is 151 Å². The molecule has 0 saturated carbocycles. The van der Waals surface area contributed by atoms with Crippen LogP contribution in [0.2, 0.25) is 0 Å². The Morgan fingerprint density at radius 3 is 1.60 bits per heavy atom. The van der Waals surface area contributed by atoms with Crippen molar-refractivity contribution in [3.8, 4) is 0 Å². The molecule has 3 aromatic rings. The van der Waals surface area contributed by atoms with Crippen molar-refractivity contribution in [1.29, 1.82) is 0 Å². The molecule has 1 heterocycles. The Bertz CT molecular complexity index is 960. The second-order valence-electron chi connectivity index (χ2n) is 5.20. The van der Waals surface area contributed by atoms with Crippen LogP contribution in [-0.4, -0.2) is 20.5 Å². The monoisotopic (exact) mass is 393 g/mol. The molecular formula is C17H15NO4S3. The smallest absolute Gasteiger partial charge is 0.206 e. The van der Waals surface area contributed by atoms with Crippen molar-refractivity contribution >= 4 is 31.4 Å². The molecule has 130 valence electrons. The molecule has 0 saturated heterocycles. The fourth-order valence-corrected chi connectivity index (χ4v) is 6.57. The van der Waals surface area contributed by atoms with Gasteiger partial charge in [-0.15, -0.1) is 0 Å². The number of sulfonamides is 2. The van der Waals surface area contributed by atoms with Crippen LogP contribution in [0.25, 0.3) is 0 Å². The van der Waals surface area contributed by atoms with Gasteiger partial charge in [0, 0.05) is 0 Å². The number of hydrogen-bond acceptors (Lipinski definition) is 5. The van der Waals surface area contributed by atoms with Gasteiger partial charge < -0.3 is 0 Å². The Morgan fingerprint density at radius 1 is 0.720 bits per heavy atom. The fraction of sp³-hybridized carbons (Fsp3) is 0.0588. The lowest BCUT2D eigenvalue weighted by atomic mass is 10.4. The Kier molecular flexibility index (Phi) is 5.05. The predicted octanol–water partition coefficient (Wildman–Crippen LogP) is 3.33. The van der Waals surface area contributed by atoms with Gasteiger partial charge in [-0.05, 0) is 46.7 Å². The molecule has 0 spiro atoms. The number of nitrogens with zero attached hydrogens (tertiary/aromatic N) is 1. The lowest BCUT2D eigenvalue weighted by molar-refractivity contribution is 0.495. The summed E-state index contributed by atoms with van der Waals surface area (Å²) in [4.78, 5) is -0.130. The minimum Gasteiger partial charge on any atom is -0.206 e. The van der Waals surface area contributed by atoms with Crippen LogP contribution < -0.4 is 0 Å². The molecule has 0 unspecified atom stereocenters.